The van der Waals surface area contributed by atoms with E-state index < -0.39 is 20.0 Å². The van der Waals surface area contributed by atoms with Crippen molar-refractivity contribution < 1.29 is 13.6 Å². The Morgan fingerprint density at radius 1 is 0.923 bits per heavy atom. The summed E-state index contributed by atoms with van der Waals surface area (Å²) in [4.78, 5) is 12.5. The van der Waals surface area contributed by atoms with E-state index in [9.17, 15) is 4.79 Å². The maximum absolute atomic E-state index is 15.8. The molecule has 1 atom stereocenters. The summed E-state index contributed by atoms with van der Waals surface area (Å²) >= 11 is 0. The Balaban J connectivity index is 2.23. The zero-order valence-corrected chi connectivity index (χ0v) is 16.8. The summed E-state index contributed by atoms with van der Waals surface area (Å²) in [5.41, 5.74) is 0. The lowest BCUT2D eigenvalue weighted by Gasteiger charge is -2.47. The molecule has 2 nitrogen and oxygen atoms in total. The fourth-order valence-corrected chi connectivity index (χ4v) is 8.60. The van der Waals surface area contributed by atoms with Crippen molar-refractivity contribution in [1.29, 1.82) is 0 Å². The number of carbonyl (C=O) groups excluding carboxylic acids is 1. The maximum atomic E-state index is 15.8. The number of ketones is 1. The van der Waals surface area contributed by atoms with Crippen molar-refractivity contribution in [1.82, 2.24) is 0 Å². The van der Waals surface area contributed by atoms with Gasteiger partial charge in [-0.3, -0.25) is 4.79 Å². The number of alkyl halides is 1. The van der Waals surface area contributed by atoms with Crippen molar-refractivity contribution in [3.8, 4) is 0 Å². The van der Waals surface area contributed by atoms with E-state index in [1.807, 2.05) is 60.7 Å². The molecule has 138 valence electrons. The number of carbonyl (C=O) groups is 1. The molecule has 0 N–H and O–H groups in total. The van der Waals surface area contributed by atoms with Gasteiger partial charge in [0.1, 0.15) is 0 Å². The molecule has 3 rings (SSSR count). The van der Waals surface area contributed by atoms with Crippen LogP contribution in [0.4, 0.5) is 4.39 Å². The highest BCUT2D eigenvalue weighted by molar-refractivity contribution is 6.99. The molecule has 0 heterocycles. The third-order valence-electron chi connectivity index (χ3n) is 5.30. The minimum absolute atomic E-state index is 0.149. The molecule has 0 saturated heterocycles. The fraction of sp³-hybridized carbons (Fsp3) is 0.409. The minimum atomic E-state index is -3.05. The van der Waals surface area contributed by atoms with E-state index in [0.717, 1.165) is 16.8 Å². The summed E-state index contributed by atoms with van der Waals surface area (Å²) in [5, 5.41) is 1.65. The number of Topliss-reactive ketones (excluding diaryl/α,β-unsaturated/α-hetero) is 1. The summed E-state index contributed by atoms with van der Waals surface area (Å²) in [7, 11) is -3.05. The number of rotatable bonds is 4. The highest BCUT2D eigenvalue weighted by Crippen LogP contribution is 2.42. The van der Waals surface area contributed by atoms with Gasteiger partial charge in [0.15, 0.2) is 5.78 Å². The Kier molecular flexibility index (Phi) is 5.18. The number of hydrogen-bond donors (Lipinski definition) is 0. The van der Waals surface area contributed by atoms with Crippen LogP contribution in [0, 0.1) is 0 Å². The minimum Gasteiger partial charge on any atom is -0.371 e. The molecule has 0 radical (unpaired) electrons. The van der Waals surface area contributed by atoms with Crippen LogP contribution in [0.5, 0.6) is 0 Å². The lowest BCUT2D eigenvalue weighted by atomic mass is 9.94. The second-order valence-corrected chi connectivity index (χ2v) is 12.3. The first-order valence-electron chi connectivity index (χ1n) is 9.33. The Labute approximate surface area is 156 Å². The molecule has 4 heteroatoms. The molecule has 0 amide bonds. The smallest absolute Gasteiger partial charge is 0.265 e. The van der Waals surface area contributed by atoms with Gasteiger partial charge in [-0.05, 0) is 28.3 Å². The topological polar surface area (TPSA) is 26.3 Å². The molecule has 26 heavy (non-hydrogen) atoms. The average molecular weight is 371 g/mol. The number of hydrogen-bond acceptors (Lipinski definition) is 2. The molecule has 1 aliphatic rings. The van der Waals surface area contributed by atoms with Gasteiger partial charge < -0.3 is 4.43 Å². The van der Waals surface area contributed by atoms with Crippen molar-refractivity contribution in [3.63, 3.8) is 0 Å². The van der Waals surface area contributed by atoms with Crippen LogP contribution in [0.25, 0.3) is 0 Å². The SMILES string of the molecule is CC(C)(C)[Si](OC1(F)CCCCC1=O)(c1ccccc1)c1ccccc1. The lowest BCUT2D eigenvalue weighted by Crippen LogP contribution is -2.70. The summed E-state index contributed by atoms with van der Waals surface area (Å²) < 4.78 is 22.3. The van der Waals surface area contributed by atoms with Gasteiger partial charge in [0.05, 0.1) is 0 Å². The van der Waals surface area contributed by atoms with Gasteiger partial charge in [0, 0.05) is 12.8 Å². The average Bonchev–Trinajstić information content (AvgIpc) is 2.63. The molecule has 0 spiro atoms. The van der Waals surface area contributed by atoms with Gasteiger partial charge in [0.2, 0.25) is 0 Å². The van der Waals surface area contributed by atoms with Crippen LogP contribution in [0.2, 0.25) is 5.04 Å². The quantitative estimate of drug-likeness (QED) is 0.747. The van der Waals surface area contributed by atoms with E-state index >= 15 is 4.39 Å². The normalized spacial score (nSPS) is 21.6. The third kappa shape index (κ3) is 3.28. The van der Waals surface area contributed by atoms with Crippen LogP contribution in [0.3, 0.4) is 0 Å². The van der Waals surface area contributed by atoms with E-state index in [1.165, 1.54) is 0 Å². The summed E-state index contributed by atoms with van der Waals surface area (Å²) in [6, 6.07) is 19.8. The molecule has 0 aromatic heterocycles. The molecule has 0 aliphatic heterocycles. The first-order chi connectivity index (χ1) is 12.3. The van der Waals surface area contributed by atoms with E-state index in [0.29, 0.717) is 6.42 Å². The Hall–Kier alpha value is -1.78. The first-order valence-corrected chi connectivity index (χ1v) is 11.2. The summed E-state index contributed by atoms with van der Waals surface area (Å²) in [5.74, 6) is -2.60. The fourth-order valence-electron chi connectivity index (χ4n) is 3.96. The van der Waals surface area contributed by atoms with Crippen LogP contribution in [-0.4, -0.2) is 20.0 Å². The van der Waals surface area contributed by atoms with Gasteiger partial charge in [-0.1, -0.05) is 81.4 Å². The lowest BCUT2D eigenvalue weighted by molar-refractivity contribution is -0.159. The van der Waals surface area contributed by atoms with Gasteiger partial charge >= 0.3 is 0 Å². The van der Waals surface area contributed by atoms with E-state index in [1.54, 1.807) is 0 Å². The standard InChI is InChI=1S/C22H27FO2Si/c1-21(2,3)26(18-12-6-4-7-13-18,19-14-8-5-9-15-19)25-22(23)17-11-10-16-20(22)24/h4-9,12-15H,10-11,16-17H2,1-3H3. The molecule has 2 aromatic rings. The molecule has 2 aromatic carbocycles. The van der Waals surface area contributed by atoms with Crippen molar-refractivity contribution in [2.24, 2.45) is 0 Å². The first kappa shape index (κ1) is 19.0. The highest BCUT2D eigenvalue weighted by Gasteiger charge is 2.57. The van der Waals surface area contributed by atoms with E-state index in [2.05, 4.69) is 20.8 Å². The van der Waals surface area contributed by atoms with Crippen LogP contribution in [0.15, 0.2) is 60.7 Å². The van der Waals surface area contributed by atoms with Gasteiger partial charge in [0.25, 0.3) is 14.2 Å². The molecule has 1 saturated carbocycles. The Morgan fingerprint density at radius 3 is 1.85 bits per heavy atom. The molecular formula is C22H27FO2Si. The second kappa shape index (κ2) is 7.09. The summed E-state index contributed by atoms with van der Waals surface area (Å²) in [6.07, 6.45) is 1.83. The van der Waals surface area contributed by atoms with Gasteiger partial charge in [-0.15, -0.1) is 0 Å². The number of benzene rings is 2. The zero-order chi connectivity index (χ0) is 18.8. The molecular weight excluding hydrogens is 343 g/mol. The summed E-state index contributed by atoms with van der Waals surface area (Å²) in [6.45, 7) is 6.28. The van der Waals surface area contributed by atoms with Gasteiger partial charge in [-0.2, -0.15) is 0 Å². The maximum Gasteiger partial charge on any atom is 0.265 e. The molecule has 0 bridgehead atoms. The van der Waals surface area contributed by atoms with Crippen LogP contribution in [-0.2, 0) is 9.22 Å². The Morgan fingerprint density at radius 2 is 1.42 bits per heavy atom. The largest absolute Gasteiger partial charge is 0.371 e. The number of halogens is 1. The van der Waals surface area contributed by atoms with Crippen LogP contribution >= 0.6 is 0 Å². The molecule has 1 fully saturated rings. The predicted octanol–water partition coefficient (Wildman–Crippen LogP) is 4.37. The van der Waals surface area contributed by atoms with Crippen molar-refractivity contribution in [3.05, 3.63) is 60.7 Å². The van der Waals surface area contributed by atoms with Crippen LogP contribution < -0.4 is 10.4 Å². The molecule has 1 unspecified atom stereocenters. The van der Waals surface area contributed by atoms with Crippen LogP contribution in [0.1, 0.15) is 46.5 Å². The molecule has 1 aliphatic carbocycles. The monoisotopic (exact) mass is 370 g/mol. The predicted molar refractivity (Wildman–Crippen MR) is 106 cm³/mol. The highest BCUT2D eigenvalue weighted by atomic mass is 28.4. The zero-order valence-electron chi connectivity index (χ0n) is 15.8. The van der Waals surface area contributed by atoms with Crippen molar-refractivity contribution >= 4 is 24.5 Å². The van der Waals surface area contributed by atoms with E-state index in [-0.39, 0.29) is 17.9 Å². The Bertz CT molecular complexity index is 715. The van der Waals surface area contributed by atoms with Crippen molar-refractivity contribution in [2.75, 3.05) is 0 Å². The third-order valence-corrected chi connectivity index (χ3v) is 10.3. The van der Waals surface area contributed by atoms with Crippen molar-refractivity contribution in [2.45, 2.75) is 57.3 Å². The van der Waals surface area contributed by atoms with E-state index in [4.69, 9.17) is 4.43 Å². The van der Waals surface area contributed by atoms with Gasteiger partial charge in [-0.25, -0.2) is 4.39 Å². The second-order valence-electron chi connectivity index (χ2n) is 8.12.